The first-order valence-corrected chi connectivity index (χ1v) is 11.6. The maximum absolute atomic E-state index is 13.4. The van der Waals surface area contributed by atoms with E-state index in [0.29, 0.717) is 35.9 Å². The third kappa shape index (κ3) is 6.19. The molecule has 8 nitrogen and oxygen atoms in total. The highest BCUT2D eigenvalue weighted by Gasteiger charge is 2.19. The van der Waals surface area contributed by atoms with E-state index in [4.69, 9.17) is 0 Å². The molecule has 11 heteroatoms. The smallest absolute Gasteiger partial charge is 0.269 e. The second kappa shape index (κ2) is 10.8. The number of hydrogen-bond donors (Lipinski definition) is 1. The second-order valence-corrected chi connectivity index (χ2v) is 8.87. The quantitative estimate of drug-likeness (QED) is 0.379. The number of hydrogen-bond acceptors (Lipinski definition) is 7. The molecule has 0 atom stereocenters. The molecule has 1 aliphatic rings. The topological polar surface area (TPSA) is 91.6 Å². The summed E-state index contributed by atoms with van der Waals surface area (Å²) in [4.78, 5) is 31.6. The number of amides is 1. The van der Waals surface area contributed by atoms with Gasteiger partial charge < -0.3 is 10.2 Å². The van der Waals surface area contributed by atoms with Gasteiger partial charge in [-0.2, -0.15) is 0 Å². The zero-order valence-electron chi connectivity index (χ0n) is 18.2. The lowest BCUT2D eigenvalue weighted by Crippen LogP contribution is -2.46. The number of piperazine rings is 1. The largest absolute Gasteiger partial charge is 0.302 e. The van der Waals surface area contributed by atoms with Gasteiger partial charge in [-0.25, -0.2) is 13.8 Å². The number of nitrogens with one attached hydrogen (secondary N) is 1. The number of rotatable bonds is 8. The minimum Gasteiger partial charge on any atom is -0.302 e. The molecule has 1 aliphatic heterocycles. The Morgan fingerprint density at radius 2 is 1.85 bits per heavy atom. The van der Waals surface area contributed by atoms with Crippen LogP contribution in [0.15, 0.2) is 47.8 Å². The molecule has 0 bridgehead atoms. The maximum Gasteiger partial charge on any atom is 0.269 e. The van der Waals surface area contributed by atoms with E-state index in [2.05, 4.69) is 20.1 Å². The molecule has 0 aliphatic carbocycles. The summed E-state index contributed by atoms with van der Waals surface area (Å²) >= 11 is 1.23. The Bertz CT molecular complexity index is 1180. The highest BCUT2D eigenvalue weighted by atomic mass is 32.1. The van der Waals surface area contributed by atoms with Crippen LogP contribution >= 0.6 is 11.3 Å². The van der Waals surface area contributed by atoms with Crippen molar-refractivity contribution in [3.63, 3.8) is 0 Å². The van der Waals surface area contributed by atoms with Crippen molar-refractivity contribution >= 4 is 28.1 Å². The number of benzene rings is 2. The molecule has 178 valence electrons. The number of nitrogens with zero attached hydrogens (tertiary/aromatic N) is 4. The van der Waals surface area contributed by atoms with Gasteiger partial charge in [-0.3, -0.25) is 19.8 Å². The summed E-state index contributed by atoms with van der Waals surface area (Å²) in [5, 5.41) is 15.8. The molecule has 0 unspecified atom stereocenters. The van der Waals surface area contributed by atoms with Crippen molar-refractivity contribution in [1.29, 1.82) is 0 Å². The first-order valence-electron chi connectivity index (χ1n) is 10.8. The number of non-ortho nitro benzene ring substituents is 1. The van der Waals surface area contributed by atoms with Gasteiger partial charge in [0.2, 0.25) is 5.91 Å². The predicted octanol–water partition coefficient (Wildman–Crippen LogP) is 4.14. The first kappa shape index (κ1) is 23.9. The fourth-order valence-corrected chi connectivity index (χ4v) is 4.49. The third-order valence-electron chi connectivity index (χ3n) is 5.61. The summed E-state index contributed by atoms with van der Waals surface area (Å²) in [5.74, 6) is -2.02. The van der Waals surface area contributed by atoms with E-state index in [1.165, 1.54) is 23.5 Å². The highest BCUT2D eigenvalue weighted by Crippen LogP contribution is 2.26. The summed E-state index contributed by atoms with van der Waals surface area (Å²) in [5.41, 5.74) is 1.92. The van der Waals surface area contributed by atoms with E-state index >= 15 is 0 Å². The summed E-state index contributed by atoms with van der Waals surface area (Å²) < 4.78 is 26.5. The molecule has 2 aromatic carbocycles. The average Bonchev–Trinajstić information content (AvgIpc) is 3.29. The molecule has 0 spiro atoms. The van der Waals surface area contributed by atoms with Crippen molar-refractivity contribution in [2.24, 2.45) is 0 Å². The zero-order chi connectivity index (χ0) is 24.1. The van der Waals surface area contributed by atoms with Crippen LogP contribution in [0.1, 0.15) is 12.0 Å². The SMILES string of the molecule is O=C(CCN1CCN(Cc2cccc([N+](=O)[O-])c2)CC1)Nc1nc(-c2ccc(F)c(F)c2)cs1. The average molecular weight is 488 g/mol. The maximum atomic E-state index is 13.4. The van der Waals surface area contributed by atoms with Crippen LogP contribution < -0.4 is 5.32 Å². The monoisotopic (exact) mass is 487 g/mol. The third-order valence-corrected chi connectivity index (χ3v) is 6.37. The molecule has 1 saturated heterocycles. The minimum atomic E-state index is -0.943. The van der Waals surface area contributed by atoms with Crippen molar-refractivity contribution in [2.75, 3.05) is 38.0 Å². The Hall–Kier alpha value is -3.28. The molecule has 1 N–H and O–H groups in total. The Morgan fingerprint density at radius 1 is 1.09 bits per heavy atom. The zero-order valence-corrected chi connectivity index (χ0v) is 19.1. The normalized spacial score (nSPS) is 14.8. The van der Waals surface area contributed by atoms with E-state index in [0.717, 1.165) is 43.9 Å². The lowest BCUT2D eigenvalue weighted by atomic mass is 10.1. The molecular formula is C23H23F2N5O3S. The van der Waals surface area contributed by atoms with Crippen LogP contribution in [0.3, 0.4) is 0 Å². The second-order valence-electron chi connectivity index (χ2n) is 8.01. The lowest BCUT2D eigenvalue weighted by Gasteiger charge is -2.34. The summed E-state index contributed by atoms with van der Waals surface area (Å²) in [7, 11) is 0. The molecule has 3 aromatic rings. The van der Waals surface area contributed by atoms with Crippen LogP contribution in [-0.4, -0.2) is 58.3 Å². The van der Waals surface area contributed by atoms with E-state index in [9.17, 15) is 23.7 Å². The van der Waals surface area contributed by atoms with Crippen molar-refractivity contribution in [3.8, 4) is 11.3 Å². The minimum absolute atomic E-state index is 0.0966. The molecular weight excluding hydrogens is 464 g/mol. The number of nitro benzene ring substituents is 1. The molecule has 34 heavy (non-hydrogen) atoms. The summed E-state index contributed by atoms with van der Waals surface area (Å²) in [6.45, 7) is 4.50. The first-order chi connectivity index (χ1) is 16.4. The number of carbonyl (C=O) groups excluding carboxylic acids is 1. The van der Waals surface area contributed by atoms with Crippen LogP contribution in [-0.2, 0) is 11.3 Å². The van der Waals surface area contributed by atoms with Crippen LogP contribution in [0, 0.1) is 21.7 Å². The van der Waals surface area contributed by atoms with Crippen molar-refractivity contribution in [1.82, 2.24) is 14.8 Å². The highest BCUT2D eigenvalue weighted by molar-refractivity contribution is 7.14. The molecule has 0 radical (unpaired) electrons. The van der Waals surface area contributed by atoms with Crippen molar-refractivity contribution < 1.29 is 18.5 Å². The van der Waals surface area contributed by atoms with Crippen molar-refractivity contribution in [2.45, 2.75) is 13.0 Å². The number of aromatic nitrogens is 1. The van der Waals surface area contributed by atoms with Gasteiger partial charge in [0, 0.05) is 68.8 Å². The number of nitro groups is 1. The number of carbonyl (C=O) groups is 1. The standard InChI is InChI=1S/C23H23F2N5O3S/c24-19-5-4-17(13-20(19)25)21-15-34-23(26-21)27-22(31)6-7-28-8-10-29(11-9-28)14-16-2-1-3-18(12-16)30(32)33/h1-5,12-13,15H,6-11,14H2,(H,26,27,31). The Morgan fingerprint density at radius 3 is 2.59 bits per heavy atom. The summed E-state index contributed by atoms with van der Waals surface area (Å²) in [6, 6.07) is 10.2. The molecule has 4 rings (SSSR count). The fraction of sp³-hybridized carbons (Fsp3) is 0.304. The van der Waals surface area contributed by atoms with Gasteiger partial charge in [-0.1, -0.05) is 12.1 Å². The predicted molar refractivity (Wildman–Crippen MR) is 126 cm³/mol. The Labute approximate surface area is 199 Å². The molecule has 1 amide bonds. The van der Waals surface area contributed by atoms with Gasteiger partial charge in [-0.05, 0) is 23.8 Å². The van der Waals surface area contributed by atoms with Crippen LogP contribution in [0.25, 0.3) is 11.3 Å². The lowest BCUT2D eigenvalue weighted by molar-refractivity contribution is -0.384. The molecule has 0 saturated carbocycles. The van der Waals surface area contributed by atoms with Gasteiger partial charge >= 0.3 is 0 Å². The van der Waals surface area contributed by atoms with Gasteiger partial charge in [0.25, 0.3) is 5.69 Å². The summed E-state index contributed by atoms with van der Waals surface area (Å²) in [6.07, 6.45) is 0.310. The van der Waals surface area contributed by atoms with Crippen LogP contribution in [0.5, 0.6) is 0 Å². The van der Waals surface area contributed by atoms with Crippen molar-refractivity contribution in [3.05, 3.63) is 75.2 Å². The van der Waals surface area contributed by atoms with Gasteiger partial charge in [0.1, 0.15) is 0 Å². The van der Waals surface area contributed by atoms with E-state index in [1.807, 2.05) is 6.07 Å². The fourth-order valence-electron chi connectivity index (χ4n) is 3.76. The van der Waals surface area contributed by atoms with Gasteiger partial charge in [0.15, 0.2) is 16.8 Å². The van der Waals surface area contributed by atoms with E-state index in [1.54, 1.807) is 17.5 Å². The van der Waals surface area contributed by atoms with E-state index < -0.39 is 11.6 Å². The number of thiazole rings is 1. The Balaban J connectivity index is 1.20. The number of anilines is 1. The molecule has 1 aromatic heterocycles. The number of halogens is 2. The van der Waals surface area contributed by atoms with Gasteiger partial charge in [-0.15, -0.1) is 11.3 Å². The van der Waals surface area contributed by atoms with E-state index in [-0.39, 0.29) is 16.5 Å². The van der Waals surface area contributed by atoms with Crippen LogP contribution in [0.4, 0.5) is 19.6 Å². The Kier molecular flexibility index (Phi) is 7.56. The molecule has 2 heterocycles. The molecule has 1 fully saturated rings. The van der Waals surface area contributed by atoms with Crippen LogP contribution in [0.2, 0.25) is 0 Å². The van der Waals surface area contributed by atoms with Gasteiger partial charge in [0.05, 0.1) is 10.6 Å².